The highest BCUT2D eigenvalue weighted by molar-refractivity contribution is 7.99. The van der Waals surface area contributed by atoms with Crippen LogP contribution in [0.3, 0.4) is 0 Å². The average Bonchev–Trinajstić information content (AvgIpc) is 2.69. The quantitative estimate of drug-likeness (QED) is 0.744. The lowest BCUT2D eigenvalue weighted by molar-refractivity contribution is -0.131. The lowest BCUT2D eigenvalue weighted by Gasteiger charge is -2.22. The van der Waals surface area contributed by atoms with Crippen LogP contribution in [0.1, 0.15) is 0 Å². The van der Waals surface area contributed by atoms with Crippen LogP contribution in [-0.2, 0) is 4.79 Å². The van der Waals surface area contributed by atoms with Gasteiger partial charge >= 0.3 is 0 Å². The van der Waals surface area contributed by atoms with E-state index in [4.69, 9.17) is 0 Å². The molecule has 1 fully saturated rings. The number of hydrogen-bond acceptors (Lipinski definition) is 3. The summed E-state index contributed by atoms with van der Waals surface area (Å²) in [6.07, 6.45) is 3.48. The predicted octanol–water partition coefficient (Wildman–Crippen LogP) is 1.27. The fourth-order valence-corrected chi connectivity index (χ4v) is 2.27. The zero-order valence-electron chi connectivity index (χ0n) is 8.65. The van der Waals surface area contributed by atoms with Gasteiger partial charge in [0, 0.05) is 24.7 Å². The van der Waals surface area contributed by atoms with Gasteiger partial charge in [-0.25, -0.2) is 0 Å². The van der Waals surface area contributed by atoms with Crippen molar-refractivity contribution in [1.82, 2.24) is 10.2 Å². The van der Waals surface area contributed by atoms with Crippen LogP contribution in [0.5, 0.6) is 0 Å². The monoisotopic (exact) mass is 248 g/mol. The molecule has 1 heterocycles. The summed E-state index contributed by atoms with van der Waals surface area (Å²) < 4.78 is 0. The average molecular weight is 249 g/mol. The molecule has 0 aliphatic carbocycles. The number of amides is 1. The number of rotatable bonds is 5. The minimum absolute atomic E-state index is 0. The first-order chi connectivity index (χ1) is 6.79. The molecular formula is C10H17ClN2OS. The normalized spacial score (nSPS) is 19.1. The van der Waals surface area contributed by atoms with Crippen molar-refractivity contribution < 1.29 is 4.79 Å². The molecule has 0 spiro atoms. The first kappa shape index (κ1) is 14.6. The maximum Gasteiger partial charge on any atom is 0.241 e. The largest absolute Gasteiger partial charge is 0.334 e. The van der Waals surface area contributed by atoms with Gasteiger partial charge in [0.05, 0.1) is 6.04 Å². The summed E-state index contributed by atoms with van der Waals surface area (Å²) in [6.45, 7) is 8.46. The second-order valence-electron chi connectivity index (χ2n) is 3.09. The van der Waals surface area contributed by atoms with E-state index in [-0.39, 0.29) is 24.4 Å². The molecule has 0 bridgehead atoms. The molecule has 0 aromatic heterocycles. The topological polar surface area (TPSA) is 32.3 Å². The van der Waals surface area contributed by atoms with E-state index in [2.05, 4.69) is 18.5 Å². The van der Waals surface area contributed by atoms with Crippen molar-refractivity contribution in [2.24, 2.45) is 0 Å². The van der Waals surface area contributed by atoms with E-state index in [1.54, 1.807) is 28.8 Å². The number of carbonyl (C=O) groups is 1. The van der Waals surface area contributed by atoms with Crippen LogP contribution < -0.4 is 5.32 Å². The number of nitrogens with one attached hydrogen (secondary N) is 1. The lowest BCUT2D eigenvalue weighted by atomic mass is 10.3. The minimum atomic E-state index is -0.0279. The second kappa shape index (κ2) is 7.79. The zero-order chi connectivity index (χ0) is 10.4. The third-order valence-electron chi connectivity index (χ3n) is 2.03. The SMILES string of the molecule is C=CCN(CC=C)C(=O)C1CSCN1.Cl. The Hall–Kier alpha value is -0.450. The highest BCUT2D eigenvalue weighted by Gasteiger charge is 2.25. The van der Waals surface area contributed by atoms with E-state index in [0.29, 0.717) is 13.1 Å². The number of carbonyl (C=O) groups excluding carboxylic acids is 1. The van der Waals surface area contributed by atoms with Gasteiger partial charge in [-0.05, 0) is 0 Å². The molecule has 5 heteroatoms. The highest BCUT2D eigenvalue weighted by atomic mass is 35.5. The van der Waals surface area contributed by atoms with Gasteiger partial charge in [0.1, 0.15) is 0 Å². The van der Waals surface area contributed by atoms with Crippen molar-refractivity contribution in [3.63, 3.8) is 0 Å². The molecule has 15 heavy (non-hydrogen) atoms. The van der Waals surface area contributed by atoms with Crippen molar-refractivity contribution in [2.75, 3.05) is 24.7 Å². The van der Waals surface area contributed by atoms with Gasteiger partial charge < -0.3 is 4.90 Å². The Morgan fingerprint density at radius 2 is 2.07 bits per heavy atom. The molecule has 86 valence electrons. The van der Waals surface area contributed by atoms with Crippen LogP contribution in [0.4, 0.5) is 0 Å². The smallest absolute Gasteiger partial charge is 0.241 e. The molecule has 1 aliphatic heterocycles. The number of hydrogen-bond donors (Lipinski definition) is 1. The van der Waals surface area contributed by atoms with Crippen LogP contribution in [0.2, 0.25) is 0 Å². The van der Waals surface area contributed by atoms with Crippen LogP contribution >= 0.6 is 24.2 Å². The van der Waals surface area contributed by atoms with Crippen molar-refractivity contribution in [1.29, 1.82) is 0 Å². The van der Waals surface area contributed by atoms with E-state index in [0.717, 1.165) is 11.6 Å². The minimum Gasteiger partial charge on any atom is -0.334 e. The summed E-state index contributed by atoms with van der Waals surface area (Å²) in [5.41, 5.74) is 0. The van der Waals surface area contributed by atoms with Gasteiger partial charge in [-0.15, -0.1) is 37.3 Å². The second-order valence-corrected chi connectivity index (χ2v) is 4.12. The van der Waals surface area contributed by atoms with Gasteiger partial charge in [0.15, 0.2) is 0 Å². The Labute approximate surface area is 101 Å². The molecule has 1 amide bonds. The summed E-state index contributed by atoms with van der Waals surface area (Å²) >= 11 is 1.75. The Morgan fingerprint density at radius 1 is 1.47 bits per heavy atom. The number of thioether (sulfide) groups is 1. The Balaban J connectivity index is 0.00000196. The van der Waals surface area contributed by atoms with Crippen LogP contribution in [0.25, 0.3) is 0 Å². The van der Waals surface area contributed by atoms with Gasteiger partial charge in [-0.1, -0.05) is 12.2 Å². The van der Waals surface area contributed by atoms with Crippen LogP contribution in [0.15, 0.2) is 25.3 Å². The van der Waals surface area contributed by atoms with E-state index < -0.39 is 0 Å². The summed E-state index contributed by atoms with van der Waals surface area (Å²) in [6, 6.07) is -0.0279. The maximum absolute atomic E-state index is 11.9. The molecule has 1 saturated heterocycles. The molecule has 1 N–H and O–H groups in total. The fraction of sp³-hybridized carbons (Fsp3) is 0.500. The summed E-state index contributed by atoms with van der Waals surface area (Å²) in [5.74, 6) is 1.88. The molecule has 1 rings (SSSR count). The van der Waals surface area contributed by atoms with Gasteiger partial charge in [0.2, 0.25) is 5.91 Å². The standard InChI is InChI=1S/C10H16N2OS.ClH/c1-3-5-12(6-4-2)10(13)9-7-14-8-11-9;/h3-4,9,11H,1-2,5-8H2;1H. The summed E-state index contributed by atoms with van der Waals surface area (Å²) in [5, 5.41) is 3.16. The summed E-state index contributed by atoms with van der Waals surface area (Å²) in [4.78, 5) is 13.6. The Morgan fingerprint density at radius 3 is 2.47 bits per heavy atom. The molecule has 0 radical (unpaired) electrons. The van der Waals surface area contributed by atoms with Gasteiger partial charge in [-0.2, -0.15) is 0 Å². The van der Waals surface area contributed by atoms with E-state index >= 15 is 0 Å². The van der Waals surface area contributed by atoms with Crippen LogP contribution in [0, 0.1) is 0 Å². The zero-order valence-corrected chi connectivity index (χ0v) is 10.3. The van der Waals surface area contributed by atoms with Gasteiger partial charge in [-0.3, -0.25) is 10.1 Å². The van der Waals surface area contributed by atoms with E-state index in [1.165, 1.54) is 0 Å². The van der Waals surface area contributed by atoms with E-state index in [9.17, 15) is 4.79 Å². The molecule has 3 nitrogen and oxygen atoms in total. The van der Waals surface area contributed by atoms with Crippen LogP contribution in [-0.4, -0.2) is 41.6 Å². The lowest BCUT2D eigenvalue weighted by Crippen LogP contribution is -2.45. The molecule has 1 unspecified atom stereocenters. The molecular weight excluding hydrogens is 232 g/mol. The van der Waals surface area contributed by atoms with E-state index in [1.807, 2.05) is 0 Å². The van der Waals surface area contributed by atoms with Gasteiger partial charge in [0.25, 0.3) is 0 Å². The van der Waals surface area contributed by atoms with Crippen molar-refractivity contribution in [3.8, 4) is 0 Å². The highest BCUT2D eigenvalue weighted by Crippen LogP contribution is 2.11. The maximum atomic E-state index is 11.9. The van der Waals surface area contributed by atoms with Crippen molar-refractivity contribution >= 4 is 30.1 Å². The third kappa shape index (κ3) is 4.28. The first-order valence-corrected chi connectivity index (χ1v) is 5.76. The Kier molecular flexibility index (Phi) is 7.56. The molecule has 0 saturated carbocycles. The number of halogens is 1. The number of nitrogens with zero attached hydrogens (tertiary/aromatic N) is 1. The van der Waals surface area contributed by atoms with Crippen molar-refractivity contribution in [3.05, 3.63) is 25.3 Å². The molecule has 1 atom stereocenters. The molecule has 0 aromatic carbocycles. The molecule has 0 aromatic rings. The Bertz CT molecular complexity index is 219. The third-order valence-corrected chi connectivity index (χ3v) is 2.96. The fourth-order valence-electron chi connectivity index (χ4n) is 1.34. The van der Waals surface area contributed by atoms with Crippen molar-refractivity contribution in [2.45, 2.75) is 6.04 Å². The summed E-state index contributed by atoms with van der Waals surface area (Å²) in [7, 11) is 0. The molecule has 1 aliphatic rings. The first-order valence-electron chi connectivity index (χ1n) is 4.61. The predicted molar refractivity (Wildman–Crippen MR) is 68.5 cm³/mol.